The molecule has 1 fully saturated rings. The predicted octanol–water partition coefficient (Wildman–Crippen LogP) is 1.45. The van der Waals surface area contributed by atoms with Crippen molar-refractivity contribution in [1.29, 1.82) is 0 Å². The number of nitrogens with zero attached hydrogens (tertiary/aromatic N) is 1. The fourth-order valence-electron chi connectivity index (χ4n) is 4.32. The Bertz CT molecular complexity index is 1260. The molecule has 1 aromatic rings. The number of rotatable bonds is 8. The van der Waals surface area contributed by atoms with Crippen molar-refractivity contribution in [3.8, 4) is 0 Å². The van der Waals surface area contributed by atoms with Gasteiger partial charge in [-0.1, -0.05) is 0 Å². The lowest BCUT2D eigenvalue weighted by Crippen LogP contribution is -2.40. The van der Waals surface area contributed by atoms with Crippen LogP contribution in [-0.2, 0) is 43.4 Å². The van der Waals surface area contributed by atoms with E-state index in [1.165, 1.54) is 49.3 Å². The van der Waals surface area contributed by atoms with Gasteiger partial charge in [-0.2, -0.15) is 4.31 Å². The van der Waals surface area contributed by atoms with E-state index in [1.54, 1.807) is 0 Å². The number of hydrogen-bond donors (Lipinski definition) is 2. The number of anilines is 1. The number of dihydropyridines is 1. The zero-order valence-corrected chi connectivity index (χ0v) is 22.6. The number of nitrogens with one attached hydrogen (secondary N) is 2. The van der Waals surface area contributed by atoms with E-state index >= 15 is 0 Å². The Morgan fingerprint density at radius 1 is 0.947 bits per heavy atom. The first-order valence-electron chi connectivity index (χ1n) is 11.9. The third-order valence-electron chi connectivity index (χ3n) is 6.29. The Kier molecular flexibility index (Phi) is 8.94. The van der Waals surface area contributed by atoms with Crippen LogP contribution in [0, 0.1) is 5.92 Å². The molecule has 12 nitrogen and oxygen atoms in total. The van der Waals surface area contributed by atoms with E-state index < -0.39 is 45.9 Å². The van der Waals surface area contributed by atoms with Gasteiger partial charge in [-0.25, -0.2) is 18.0 Å². The molecule has 0 spiro atoms. The second-order valence-electron chi connectivity index (χ2n) is 8.82. The van der Waals surface area contributed by atoms with Gasteiger partial charge >= 0.3 is 17.9 Å². The normalized spacial score (nSPS) is 17.5. The Labute approximate surface area is 221 Å². The van der Waals surface area contributed by atoms with Crippen molar-refractivity contribution in [1.82, 2.24) is 9.62 Å². The van der Waals surface area contributed by atoms with Gasteiger partial charge in [0.05, 0.1) is 30.3 Å². The summed E-state index contributed by atoms with van der Waals surface area (Å²) in [7, 11) is -1.34. The van der Waals surface area contributed by atoms with Gasteiger partial charge in [-0.3, -0.25) is 9.59 Å². The number of methoxy groups -OCH3 is 2. The third-order valence-corrected chi connectivity index (χ3v) is 8.21. The van der Waals surface area contributed by atoms with E-state index in [-0.39, 0.29) is 33.1 Å². The number of esters is 3. The van der Waals surface area contributed by atoms with E-state index in [2.05, 4.69) is 10.6 Å². The third kappa shape index (κ3) is 5.89. The SMILES string of the molecule is COC(=O)C1=C(C)NC(C)=C(C(=O)OC)C1C(=O)O[C@@H](C)C(=O)Nc1ccc(S(=O)(=O)N2CCCC2)cc1. The lowest BCUT2D eigenvalue weighted by molar-refractivity contribution is -0.157. The first-order valence-corrected chi connectivity index (χ1v) is 13.3. The number of carbonyl (C=O) groups excluding carboxylic acids is 4. The van der Waals surface area contributed by atoms with Crippen LogP contribution in [-0.4, -0.2) is 70.0 Å². The zero-order valence-electron chi connectivity index (χ0n) is 21.8. The highest BCUT2D eigenvalue weighted by atomic mass is 32.2. The molecular formula is C25H31N3O9S. The van der Waals surface area contributed by atoms with Crippen LogP contribution >= 0.6 is 0 Å². The molecule has 2 N–H and O–H groups in total. The van der Waals surface area contributed by atoms with Crippen LogP contribution in [0.4, 0.5) is 5.69 Å². The van der Waals surface area contributed by atoms with Gasteiger partial charge in [0.2, 0.25) is 10.0 Å². The lowest BCUT2D eigenvalue weighted by atomic mass is 9.85. The molecule has 1 amide bonds. The summed E-state index contributed by atoms with van der Waals surface area (Å²) in [5.41, 5.74) is 0.559. The number of benzene rings is 1. The van der Waals surface area contributed by atoms with Crippen LogP contribution in [0.2, 0.25) is 0 Å². The molecule has 2 aliphatic heterocycles. The molecule has 0 bridgehead atoms. The van der Waals surface area contributed by atoms with Gasteiger partial charge in [0.1, 0.15) is 5.92 Å². The van der Waals surface area contributed by atoms with Crippen molar-refractivity contribution in [2.45, 2.75) is 44.6 Å². The zero-order chi connectivity index (χ0) is 28.2. The number of hydrogen-bond acceptors (Lipinski definition) is 10. The van der Waals surface area contributed by atoms with Gasteiger partial charge in [0.15, 0.2) is 6.10 Å². The number of sulfonamides is 1. The van der Waals surface area contributed by atoms with Crippen LogP contribution in [0.15, 0.2) is 51.7 Å². The number of amides is 1. The summed E-state index contributed by atoms with van der Waals surface area (Å²) in [6.07, 6.45) is 0.298. The number of allylic oxidation sites excluding steroid dienone is 2. The van der Waals surface area contributed by atoms with Gasteiger partial charge in [-0.15, -0.1) is 0 Å². The van der Waals surface area contributed by atoms with E-state index in [0.717, 1.165) is 27.1 Å². The van der Waals surface area contributed by atoms with E-state index in [0.29, 0.717) is 13.1 Å². The lowest BCUT2D eigenvalue weighted by Gasteiger charge is -2.29. The highest BCUT2D eigenvalue weighted by Crippen LogP contribution is 2.32. The second kappa shape index (κ2) is 11.8. The van der Waals surface area contributed by atoms with Crippen molar-refractivity contribution >= 4 is 39.5 Å². The average molecular weight is 550 g/mol. The molecular weight excluding hydrogens is 518 g/mol. The summed E-state index contributed by atoms with van der Waals surface area (Å²) in [5.74, 6) is -4.93. The topological polar surface area (TPSA) is 157 Å². The Morgan fingerprint density at radius 2 is 1.45 bits per heavy atom. The van der Waals surface area contributed by atoms with Crippen LogP contribution in [0.1, 0.15) is 33.6 Å². The maximum Gasteiger partial charge on any atom is 0.336 e. The van der Waals surface area contributed by atoms with E-state index in [1.807, 2.05) is 0 Å². The molecule has 1 saturated heterocycles. The smallest absolute Gasteiger partial charge is 0.336 e. The first kappa shape index (κ1) is 28.9. The molecule has 2 heterocycles. The number of ether oxygens (including phenoxy) is 3. The number of carbonyl (C=O) groups is 4. The molecule has 38 heavy (non-hydrogen) atoms. The van der Waals surface area contributed by atoms with Crippen LogP contribution in [0.3, 0.4) is 0 Å². The summed E-state index contributed by atoms with van der Waals surface area (Å²) < 4.78 is 41.7. The summed E-state index contributed by atoms with van der Waals surface area (Å²) in [4.78, 5) is 51.0. The van der Waals surface area contributed by atoms with Crippen LogP contribution in [0.25, 0.3) is 0 Å². The van der Waals surface area contributed by atoms with Gasteiger partial charge in [-0.05, 0) is 57.9 Å². The Balaban J connectivity index is 1.75. The van der Waals surface area contributed by atoms with Gasteiger partial charge in [0, 0.05) is 30.2 Å². The molecule has 0 unspecified atom stereocenters. The molecule has 2 aliphatic rings. The Hall–Kier alpha value is -3.71. The van der Waals surface area contributed by atoms with Gasteiger partial charge < -0.3 is 24.8 Å². The summed E-state index contributed by atoms with van der Waals surface area (Å²) >= 11 is 0. The van der Waals surface area contributed by atoms with Crippen LogP contribution < -0.4 is 10.6 Å². The quantitative estimate of drug-likeness (QED) is 0.359. The van der Waals surface area contributed by atoms with Crippen LogP contribution in [0.5, 0.6) is 0 Å². The monoisotopic (exact) mass is 549 g/mol. The highest BCUT2D eigenvalue weighted by Gasteiger charge is 2.43. The minimum atomic E-state index is -3.60. The summed E-state index contributed by atoms with van der Waals surface area (Å²) in [6, 6.07) is 5.65. The minimum Gasteiger partial charge on any atom is -0.466 e. The molecule has 0 saturated carbocycles. The molecule has 13 heteroatoms. The van der Waals surface area contributed by atoms with Gasteiger partial charge in [0.25, 0.3) is 5.91 Å². The summed E-state index contributed by atoms with van der Waals surface area (Å²) in [5, 5.41) is 5.42. The van der Waals surface area contributed by atoms with E-state index in [4.69, 9.17) is 14.2 Å². The molecule has 1 atom stereocenters. The molecule has 0 aromatic heterocycles. The molecule has 206 valence electrons. The first-order chi connectivity index (χ1) is 17.9. The molecule has 0 aliphatic carbocycles. The van der Waals surface area contributed by atoms with Crippen molar-refractivity contribution < 1.29 is 41.8 Å². The molecule has 1 aromatic carbocycles. The predicted molar refractivity (Wildman–Crippen MR) is 135 cm³/mol. The second-order valence-corrected chi connectivity index (χ2v) is 10.8. The minimum absolute atomic E-state index is 0.109. The Morgan fingerprint density at radius 3 is 1.92 bits per heavy atom. The largest absolute Gasteiger partial charge is 0.466 e. The maximum atomic E-state index is 13.2. The average Bonchev–Trinajstić information content (AvgIpc) is 3.43. The fraction of sp³-hybridized carbons (Fsp3) is 0.440. The summed E-state index contributed by atoms with van der Waals surface area (Å²) in [6.45, 7) is 5.34. The van der Waals surface area contributed by atoms with Crippen molar-refractivity contribution in [3.05, 3.63) is 46.8 Å². The fourth-order valence-corrected chi connectivity index (χ4v) is 5.84. The van der Waals surface area contributed by atoms with Crippen molar-refractivity contribution in [2.75, 3.05) is 32.6 Å². The van der Waals surface area contributed by atoms with Crippen molar-refractivity contribution in [3.63, 3.8) is 0 Å². The molecule has 3 rings (SSSR count). The standard InChI is InChI=1S/C25H31N3O9S/c1-14-19(23(30)35-4)21(20(15(2)26-14)24(31)36-5)25(32)37-16(3)22(29)27-17-8-10-18(11-9-17)38(33,34)28-12-6-7-13-28/h8-11,16,21,26H,6-7,12-13H2,1-5H3,(H,27,29)/t16-/m0/s1. The molecule has 0 radical (unpaired) electrons. The highest BCUT2D eigenvalue weighted by molar-refractivity contribution is 7.89. The maximum absolute atomic E-state index is 13.2. The van der Waals surface area contributed by atoms with E-state index in [9.17, 15) is 27.6 Å². The van der Waals surface area contributed by atoms with Crippen molar-refractivity contribution in [2.24, 2.45) is 5.92 Å².